The molecule has 0 saturated heterocycles. The minimum absolute atomic E-state index is 0.000748. The third kappa shape index (κ3) is 6.91. The summed E-state index contributed by atoms with van der Waals surface area (Å²) in [5.74, 6) is 2.38. The van der Waals surface area contributed by atoms with Crippen molar-refractivity contribution in [2.75, 3.05) is 0 Å². The molecule has 0 aliphatic carbocycles. The van der Waals surface area contributed by atoms with Crippen molar-refractivity contribution in [2.45, 2.75) is 52.4 Å². The van der Waals surface area contributed by atoms with E-state index < -0.39 is 0 Å². The summed E-state index contributed by atoms with van der Waals surface area (Å²) in [6, 6.07) is 53.3. The highest BCUT2D eigenvalue weighted by molar-refractivity contribution is 6.09. The highest BCUT2D eigenvalue weighted by Crippen LogP contribution is 2.42. The molecule has 0 unspecified atom stereocenters. The molecule has 0 N–H and O–H groups in total. The van der Waals surface area contributed by atoms with Gasteiger partial charge < -0.3 is 4.74 Å². The molecule has 0 amide bonds. The Labute approximate surface area is 335 Å². The van der Waals surface area contributed by atoms with E-state index in [0.717, 1.165) is 45.1 Å². The van der Waals surface area contributed by atoms with Crippen molar-refractivity contribution in [3.05, 3.63) is 188 Å². The summed E-state index contributed by atoms with van der Waals surface area (Å²) in [5, 5.41) is 2.34. The maximum absolute atomic E-state index is 6.61. The molecule has 9 aromatic rings. The van der Waals surface area contributed by atoms with E-state index in [9.17, 15) is 0 Å². The van der Waals surface area contributed by atoms with Crippen molar-refractivity contribution in [1.82, 2.24) is 14.1 Å². The lowest BCUT2D eigenvalue weighted by molar-refractivity contribution is -0.599. The molecule has 0 saturated carbocycles. The summed E-state index contributed by atoms with van der Waals surface area (Å²) >= 11 is 0. The average molecular weight is 743 g/mol. The summed E-state index contributed by atoms with van der Waals surface area (Å²) in [6.07, 6.45) is 9.63. The molecule has 280 valence electrons. The highest BCUT2D eigenvalue weighted by atomic mass is 16.5. The number of pyridine rings is 1. The Kier molecular flexibility index (Phi) is 8.89. The smallest absolute Gasteiger partial charge is 0.268 e. The van der Waals surface area contributed by atoms with Gasteiger partial charge in [0.15, 0.2) is 0 Å². The van der Waals surface area contributed by atoms with Gasteiger partial charge in [-0.3, -0.25) is 13.7 Å². The Morgan fingerprint density at radius 3 is 1.91 bits per heavy atom. The van der Waals surface area contributed by atoms with Gasteiger partial charge in [0.1, 0.15) is 17.3 Å². The van der Waals surface area contributed by atoms with Gasteiger partial charge >= 0.3 is 0 Å². The molecule has 0 radical (unpaired) electrons. The summed E-state index contributed by atoms with van der Waals surface area (Å²) in [6.45, 7) is 13.6. The average Bonchev–Trinajstić information content (AvgIpc) is 3.84. The molecule has 0 spiro atoms. The molecule has 57 heavy (non-hydrogen) atoms. The molecular weight excluding hydrogens is 697 g/mol. The Bertz CT molecular complexity index is 2830. The van der Waals surface area contributed by atoms with Crippen LogP contribution in [0.4, 0.5) is 0 Å². The quantitative estimate of drug-likeness (QED) is 0.120. The van der Waals surface area contributed by atoms with E-state index in [4.69, 9.17) is 9.72 Å². The third-order valence-electron chi connectivity index (χ3n) is 10.7. The lowest BCUT2D eigenvalue weighted by atomic mass is 9.77. The van der Waals surface area contributed by atoms with Crippen molar-refractivity contribution in [1.29, 1.82) is 0 Å². The van der Waals surface area contributed by atoms with Gasteiger partial charge in [-0.05, 0) is 105 Å². The first-order chi connectivity index (χ1) is 27.5. The fourth-order valence-corrected chi connectivity index (χ4v) is 7.97. The zero-order chi connectivity index (χ0) is 39.3. The SMILES string of the molecule is CC(C)(C)c1ccnc(-n2c3ccccc3c3ccc(Oc4cccc(-n5[c-][n+](-c6cc(-c7ccccc7)c(C(C)(C)C)c(-c7ccccc7)c6)cc5)c4)cc32)c1. The first-order valence-electron chi connectivity index (χ1n) is 19.6. The molecule has 5 nitrogen and oxygen atoms in total. The van der Waals surface area contributed by atoms with Crippen molar-refractivity contribution >= 4 is 21.8 Å². The summed E-state index contributed by atoms with van der Waals surface area (Å²) in [7, 11) is 0. The minimum atomic E-state index is -0.0923. The van der Waals surface area contributed by atoms with Gasteiger partial charge in [-0.2, -0.15) is 0 Å². The molecule has 3 aromatic heterocycles. The van der Waals surface area contributed by atoms with Crippen LogP contribution < -0.4 is 9.30 Å². The fourth-order valence-electron chi connectivity index (χ4n) is 7.97. The van der Waals surface area contributed by atoms with Gasteiger partial charge in [-0.15, -0.1) is 0 Å². The number of aromatic nitrogens is 4. The number of para-hydroxylation sites is 1. The minimum Gasteiger partial charge on any atom is -0.458 e. The number of nitrogens with zero attached hydrogens (tertiary/aromatic N) is 4. The largest absolute Gasteiger partial charge is 0.458 e. The van der Waals surface area contributed by atoms with E-state index in [2.05, 4.69) is 203 Å². The van der Waals surface area contributed by atoms with Crippen molar-refractivity contribution in [3.63, 3.8) is 0 Å². The van der Waals surface area contributed by atoms with Crippen LogP contribution in [0.5, 0.6) is 11.5 Å². The van der Waals surface area contributed by atoms with Crippen LogP contribution >= 0.6 is 0 Å². The number of hydrogen-bond donors (Lipinski definition) is 0. The number of ether oxygens (including phenoxy) is 1. The molecule has 0 fully saturated rings. The Morgan fingerprint density at radius 1 is 0.579 bits per heavy atom. The van der Waals surface area contributed by atoms with Crippen LogP contribution in [0.2, 0.25) is 0 Å². The topological polar surface area (TPSA) is 35.9 Å². The van der Waals surface area contributed by atoms with Crippen molar-refractivity contribution < 1.29 is 9.30 Å². The zero-order valence-electron chi connectivity index (χ0n) is 33.4. The van der Waals surface area contributed by atoms with E-state index >= 15 is 0 Å². The van der Waals surface area contributed by atoms with Crippen LogP contribution in [-0.2, 0) is 10.8 Å². The number of hydrogen-bond acceptors (Lipinski definition) is 2. The van der Waals surface area contributed by atoms with E-state index in [1.54, 1.807) is 0 Å². The summed E-state index contributed by atoms with van der Waals surface area (Å²) in [5.41, 5.74) is 11.4. The Balaban J connectivity index is 1.08. The monoisotopic (exact) mass is 742 g/mol. The van der Waals surface area contributed by atoms with Crippen molar-refractivity contribution in [3.8, 4) is 50.9 Å². The van der Waals surface area contributed by atoms with Gasteiger partial charge in [0.05, 0.1) is 22.4 Å². The lowest BCUT2D eigenvalue weighted by Gasteiger charge is -2.28. The Morgan fingerprint density at radius 2 is 1.23 bits per heavy atom. The summed E-state index contributed by atoms with van der Waals surface area (Å²) in [4.78, 5) is 4.85. The molecule has 0 aliphatic heterocycles. The molecular formula is C52H46N4O. The molecule has 3 heterocycles. The van der Waals surface area contributed by atoms with E-state index in [0.29, 0.717) is 0 Å². The number of benzene rings is 6. The van der Waals surface area contributed by atoms with E-state index in [-0.39, 0.29) is 10.8 Å². The molecule has 9 rings (SSSR count). The van der Waals surface area contributed by atoms with Gasteiger partial charge in [-0.25, -0.2) is 4.98 Å². The molecule has 0 atom stereocenters. The van der Waals surface area contributed by atoms with Gasteiger partial charge in [-0.1, -0.05) is 126 Å². The second kappa shape index (κ2) is 14.1. The van der Waals surface area contributed by atoms with E-state index in [1.165, 1.54) is 38.8 Å². The zero-order valence-corrected chi connectivity index (χ0v) is 33.4. The Hall–Kier alpha value is -6.72. The highest BCUT2D eigenvalue weighted by Gasteiger charge is 2.25. The fraction of sp³-hybridized carbons (Fsp3) is 0.154. The van der Waals surface area contributed by atoms with Crippen LogP contribution in [0.1, 0.15) is 52.7 Å². The summed E-state index contributed by atoms with van der Waals surface area (Å²) < 4.78 is 13.0. The van der Waals surface area contributed by atoms with Crippen LogP contribution in [-0.4, -0.2) is 14.1 Å². The lowest BCUT2D eigenvalue weighted by Crippen LogP contribution is -2.29. The predicted molar refractivity (Wildman–Crippen MR) is 233 cm³/mol. The second-order valence-corrected chi connectivity index (χ2v) is 16.8. The number of imidazole rings is 1. The van der Waals surface area contributed by atoms with Crippen LogP contribution in [0.15, 0.2) is 170 Å². The third-order valence-corrected chi connectivity index (χ3v) is 10.7. The standard InChI is InChI=1S/C52H46N4O/c1-51(2,3)38-26-27-53-49(30-38)56-47-23-14-13-22-43(47)44-25-24-42(34-48(44)56)57-41-21-15-20-39(31-41)54-28-29-55(35-54)40-32-45(36-16-9-7-10-17-36)50(52(4,5)6)46(33-40)37-18-11-8-12-19-37/h7-34H,1-6H3. The van der Waals surface area contributed by atoms with Gasteiger partial charge in [0.2, 0.25) is 0 Å². The van der Waals surface area contributed by atoms with Gasteiger partial charge in [0.25, 0.3) is 6.33 Å². The normalized spacial score (nSPS) is 12.0. The number of fused-ring (bicyclic) bond motifs is 3. The van der Waals surface area contributed by atoms with Crippen LogP contribution in [0.3, 0.4) is 0 Å². The molecule has 0 bridgehead atoms. The van der Waals surface area contributed by atoms with Crippen LogP contribution in [0.25, 0.3) is 61.3 Å². The number of rotatable bonds is 7. The maximum Gasteiger partial charge on any atom is 0.268 e. The first kappa shape index (κ1) is 35.9. The second-order valence-electron chi connectivity index (χ2n) is 16.8. The first-order valence-corrected chi connectivity index (χ1v) is 19.6. The van der Waals surface area contributed by atoms with Crippen LogP contribution in [0, 0.1) is 6.33 Å². The predicted octanol–water partition coefficient (Wildman–Crippen LogP) is 12.8. The molecule has 6 aromatic carbocycles. The van der Waals surface area contributed by atoms with Gasteiger partial charge in [0, 0.05) is 35.4 Å². The van der Waals surface area contributed by atoms with Crippen molar-refractivity contribution in [2.24, 2.45) is 0 Å². The molecule has 0 aliphatic rings. The maximum atomic E-state index is 6.61. The molecule has 5 heteroatoms. The van der Waals surface area contributed by atoms with E-state index in [1.807, 2.05) is 29.1 Å².